The van der Waals surface area contributed by atoms with Crippen molar-refractivity contribution in [3.05, 3.63) is 23.7 Å². The molecule has 4 nitrogen and oxygen atoms in total. The van der Waals surface area contributed by atoms with Gasteiger partial charge in [0.05, 0.1) is 20.0 Å². The van der Waals surface area contributed by atoms with E-state index in [1.165, 1.54) is 13.4 Å². The smallest absolute Gasteiger partial charge is 0.434 e. The van der Waals surface area contributed by atoms with E-state index in [1.54, 1.807) is 6.92 Å². The lowest BCUT2D eigenvalue weighted by molar-refractivity contribution is -0.141. The first-order chi connectivity index (χ1) is 7.99. The number of rotatable bonds is 4. The lowest BCUT2D eigenvalue weighted by atomic mass is 10.2. The van der Waals surface area contributed by atoms with Crippen molar-refractivity contribution in [2.75, 3.05) is 13.7 Å². The zero-order valence-corrected chi connectivity index (χ0v) is 9.28. The Hall–Kier alpha value is -1.79. The molecule has 0 saturated carbocycles. The van der Waals surface area contributed by atoms with Gasteiger partial charge >= 0.3 is 12.2 Å². The average Bonchev–Trinajstić information content (AvgIpc) is 2.28. The van der Waals surface area contributed by atoms with Crippen molar-refractivity contribution in [3.8, 4) is 6.01 Å². The van der Waals surface area contributed by atoms with Crippen LogP contribution >= 0.6 is 0 Å². The SMILES string of the molecule is CCOC=Cc1cnc(OC)nc1C(F)(F)F. The van der Waals surface area contributed by atoms with Crippen LogP contribution in [0.5, 0.6) is 6.01 Å². The Morgan fingerprint density at radius 3 is 2.65 bits per heavy atom. The molecule has 0 fully saturated rings. The number of aromatic nitrogens is 2. The Labute approximate surface area is 96.1 Å². The fourth-order valence-corrected chi connectivity index (χ4v) is 1.04. The van der Waals surface area contributed by atoms with Crippen LogP contribution in [0.1, 0.15) is 18.2 Å². The van der Waals surface area contributed by atoms with Crippen molar-refractivity contribution in [2.45, 2.75) is 13.1 Å². The van der Waals surface area contributed by atoms with Crippen LogP contribution in [0.15, 0.2) is 12.5 Å². The van der Waals surface area contributed by atoms with Gasteiger partial charge in [0.2, 0.25) is 0 Å². The largest absolute Gasteiger partial charge is 0.501 e. The standard InChI is InChI=1S/C10H11F3N2O2/c1-3-17-5-4-7-6-14-9(16-2)15-8(7)10(11,12)13/h4-6H,3H2,1-2H3. The topological polar surface area (TPSA) is 44.2 Å². The lowest BCUT2D eigenvalue weighted by Crippen LogP contribution is -2.12. The van der Waals surface area contributed by atoms with Crippen LogP contribution in [0.25, 0.3) is 6.08 Å². The van der Waals surface area contributed by atoms with Gasteiger partial charge in [-0.15, -0.1) is 0 Å². The fraction of sp³-hybridized carbons (Fsp3) is 0.400. The van der Waals surface area contributed by atoms with Gasteiger partial charge in [0.25, 0.3) is 0 Å². The summed E-state index contributed by atoms with van der Waals surface area (Å²) in [4.78, 5) is 6.89. The number of methoxy groups -OCH3 is 1. The summed E-state index contributed by atoms with van der Waals surface area (Å²) in [5.41, 5.74) is -1.23. The van der Waals surface area contributed by atoms with Crippen LogP contribution in [0, 0.1) is 0 Å². The first-order valence-corrected chi connectivity index (χ1v) is 4.75. The van der Waals surface area contributed by atoms with Gasteiger partial charge in [0, 0.05) is 11.8 Å². The molecular formula is C10H11F3N2O2. The van der Waals surface area contributed by atoms with Crippen LogP contribution in [0.3, 0.4) is 0 Å². The summed E-state index contributed by atoms with van der Waals surface area (Å²) < 4.78 is 47.3. The number of nitrogens with zero attached hydrogens (tertiary/aromatic N) is 2. The molecule has 0 saturated heterocycles. The number of halogens is 3. The molecule has 0 aliphatic carbocycles. The maximum Gasteiger partial charge on any atom is 0.434 e. The molecule has 94 valence electrons. The minimum atomic E-state index is -4.57. The summed E-state index contributed by atoms with van der Waals surface area (Å²) in [7, 11) is 1.20. The molecule has 17 heavy (non-hydrogen) atoms. The Kier molecular flexibility index (Phi) is 4.30. The molecule has 1 aromatic heterocycles. The Morgan fingerprint density at radius 1 is 1.41 bits per heavy atom. The molecule has 0 aliphatic rings. The lowest BCUT2D eigenvalue weighted by Gasteiger charge is -2.09. The van der Waals surface area contributed by atoms with Crippen molar-refractivity contribution in [1.82, 2.24) is 9.97 Å². The van der Waals surface area contributed by atoms with Gasteiger partial charge in [-0.05, 0) is 13.0 Å². The van der Waals surface area contributed by atoms with E-state index >= 15 is 0 Å². The zero-order chi connectivity index (χ0) is 12.9. The van der Waals surface area contributed by atoms with Crippen LogP contribution < -0.4 is 4.74 Å². The first-order valence-electron chi connectivity index (χ1n) is 4.75. The van der Waals surface area contributed by atoms with E-state index < -0.39 is 11.9 Å². The van der Waals surface area contributed by atoms with E-state index in [2.05, 4.69) is 14.7 Å². The van der Waals surface area contributed by atoms with E-state index in [9.17, 15) is 13.2 Å². The highest BCUT2D eigenvalue weighted by molar-refractivity contribution is 5.50. The third-order valence-corrected chi connectivity index (χ3v) is 1.76. The Morgan fingerprint density at radius 2 is 2.12 bits per heavy atom. The zero-order valence-electron chi connectivity index (χ0n) is 9.28. The third kappa shape index (κ3) is 3.61. The second-order valence-corrected chi connectivity index (χ2v) is 2.92. The predicted octanol–water partition coefficient (Wildman–Crippen LogP) is 2.51. The van der Waals surface area contributed by atoms with E-state index in [0.717, 1.165) is 12.3 Å². The highest BCUT2D eigenvalue weighted by atomic mass is 19.4. The van der Waals surface area contributed by atoms with Crippen LogP contribution in [0.4, 0.5) is 13.2 Å². The maximum absolute atomic E-state index is 12.7. The quantitative estimate of drug-likeness (QED) is 0.768. The van der Waals surface area contributed by atoms with Crippen LogP contribution in [-0.2, 0) is 10.9 Å². The molecule has 0 bridgehead atoms. The number of hydrogen-bond donors (Lipinski definition) is 0. The van der Waals surface area contributed by atoms with Gasteiger partial charge in [-0.1, -0.05) is 0 Å². The van der Waals surface area contributed by atoms with Crippen molar-refractivity contribution in [1.29, 1.82) is 0 Å². The Bertz CT molecular complexity index is 405. The molecule has 1 rings (SSSR count). The summed E-state index contributed by atoms with van der Waals surface area (Å²) in [5, 5.41) is 0. The van der Waals surface area contributed by atoms with E-state index in [1.807, 2.05) is 0 Å². The summed E-state index contributed by atoms with van der Waals surface area (Å²) in [6, 6.07) is -0.328. The predicted molar refractivity (Wildman–Crippen MR) is 54.2 cm³/mol. The van der Waals surface area contributed by atoms with Crippen molar-refractivity contribution >= 4 is 6.08 Å². The highest BCUT2D eigenvalue weighted by Gasteiger charge is 2.35. The Balaban J connectivity index is 3.11. The number of hydrogen-bond acceptors (Lipinski definition) is 4. The van der Waals surface area contributed by atoms with Gasteiger partial charge in [0.15, 0.2) is 5.69 Å². The summed E-state index contributed by atoms with van der Waals surface area (Å²) in [5.74, 6) is 0. The van der Waals surface area contributed by atoms with Gasteiger partial charge in [-0.25, -0.2) is 4.98 Å². The molecule has 0 aliphatic heterocycles. The van der Waals surface area contributed by atoms with Crippen LogP contribution in [-0.4, -0.2) is 23.7 Å². The summed E-state index contributed by atoms with van der Waals surface area (Å²) >= 11 is 0. The minimum absolute atomic E-state index is 0.174. The normalized spacial score (nSPS) is 11.8. The van der Waals surface area contributed by atoms with Gasteiger partial charge in [-0.3, -0.25) is 0 Å². The van der Waals surface area contributed by atoms with Gasteiger partial charge in [0.1, 0.15) is 0 Å². The molecular weight excluding hydrogens is 237 g/mol. The molecule has 1 aromatic rings. The van der Waals surface area contributed by atoms with E-state index in [-0.39, 0.29) is 11.6 Å². The van der Waals surface area contributed by atoms with Crippen molar-refractivity contribution in [3.63, 3.8) is 0 Å². The average molecular weight is 248 g/mol. The number of alkyl halides is 3. The number of ether oxygens (including phenoxy) is 2. The minimum Gasteiger partial charge on any atom is -0.501 e. The molecule has 0 unspecified atom stereocenters. The second-order valence-electron chi connectivity index (χ2n) is 2.92. The third-order valence-electron chi connectivity index (χ3n) is 1.76. The molecule has 0 N–H and O–H groups in total. The summed E-state index contributed by atoms with van der Waals surface area (Å²) in [6.07, 6.45) is -1.21. The molecule has 7 heteroatoms. The highest BCUT2D eigenvalue weighted by Crippen LogP contribution is 2.31. The van der Waals surface area contributed by atoms with Gasteiger partial charge < -0.3 is 9.47 Å². The van der Waals surface area contributed by atoms with Crippen molar-refractivity contribution < 1.29 is 22.6 Å². The molecule has 0 amide bonds. The summed E-state index contributed by atoms with van der Waals surface area (Å²) in [6.45, 7) is 2.09. The second kappa shape index (κ2) is 5.51. The molecule has 0 radical (unpaired) electrons. The van der Waals surface area contributed by atoms with Crippen molar-refractivity contribution in [2.24, 2.45) is 0 Å². The maximum atomic E-state index is 12.7. The molecule has 1 heterocycles. The first kappa shape index (κ1) is 13.3. The van der Waals surface area contributed by atoms with Crippen LogP contribution in [0.2, 0.25) is 0 Å². The molecule has 0 atom stereocenters. The van der Waals surface area contributed by atoms with Gasteiger partial charge in [-0.2, -0.15) is 18.2 Å². The van der Waals surface area contributed by atoms with E-state index in [0.29, 0.717) is 6.61 Å². The molecule has 0 spiro atoms. The fourth-order valence-electron chi connectivity index (χ4n) is 1.04. The monoisotopic (exact) mass is 248 g/mol. The molecule has 0 aromatic carbocycles. The van der Waals surface area contributed by atoms with E-state index in [4.69, 9.17) is 4.74 Å².